The maximum absolute atomic E-state index is 6.66. The number of benzene rings is 9. The molecule has 1 aliphatic heterocycles. The largest absolute Gasteiger partial charge is 0.456 e. The summed E-state index contributed by atoms with van der Waals surface area (Å²) < 4.78 is 11.5. The lowest BCUT2D eigenvalue weighted by Crippen LogP contribution is -1.98. The van der Waals surface area contributed by atoms with Gasteiger partial charge >= 0.3 is 0 Å². The second-order valence-corrected chi connectivity index (χ2v) is 14.5. The van der Waals surface area contributed by atoms with Crippen LogP contribution in [0.3, 0.4) is 0 Å². The molecule has 0 amide bonds. The van der Waals surface area contributed by atoms with Gasteiger partial charge in [0.2, 0.25) is 0 Å². The van der Waals surface area contributed by atoms with E-state index in [0.717, 1.165) is 34.0 Å². The summed E-state index contributed by atoms with van der Waals surface area (Å²) in [4.78, 5) is 0. The highest BCUT2D eigenvalue weighted by molar-refractivity contribution is 6.25. The molecule has 11 aromatic rings. The molecular formula is C52H32N2O. The van der Waals surface area contributed by atoms with Gasteiger partial charge in [0.1, 0.15) is 11.5 Å². The quantitative estimate of drug-likeness (QED) is 0.179. The first-order valence-electron chi connectivity index (χ1n) is 18.8. The molecule has 0 N–H and O–H groups in total. The van der Waals surface area contributed by atoms with Crippen LogP contribution in [0.4, 0.5) is 0 Å². The number of hydrogen-bond donors (Lipinski definition) is 0. The van der Waals surface area contributed by atoms with Crippen LogP contribution in [0.15, 0.2) is 194 Å². The van der Waals surface area contributed by atoms with E-state index < -0.39 is 0 Å². The molecule has 3 nitrogen and oxygen atoms in total. The normalized spacial score (nSPS) is 12.1. The molecular weight excluding hydrogens is 669 g/mol. The van der Waals surface area contributed by atoms with Gasteiger partial charge in [-0.2, -0.15) is 0 Å². The van der Waals surface area contributed by atoms with Crippen LogP contribution in [0.1, 0.15) is 0 Å². The third-order valence-corrected chi connectivity index (χ3v) is 11.5. The van der Waals surface area contributed by atoms with Crippen LogP contribution < -0.4 is 4.74 Å². The van der Waals surface area contributed by atoms with E-state index in [4.69, 9.17) is 4.74 Å². The standard InChI is InChI=1S/C52H32N2O/c1-3-13-33(14-4-1)34-15-11-18-38(29-34)54-45-23-9-7-19-39(45)44-30-35(26-28-46(44)54)36-25-27-42-47(31-36)53(37-16-5-2-6-17-37)48-32-50-52-41(21-12-22-43(52)51(42)48)40-20-8-10-24-49(40)55-50/h1-32H. The fraction of sp³-hybridized carbons (Fsp3) is 0. The monoisotopic (exact) mass is 700 g/mol. The Morgan fingerprint density at radius 2 is 0.927 bits per heavy atom. The Morgan fingerprint density at radius 1 is 0.291 bits per heavy atom. The molecule has 0 spiro atoms. The summed E-state index contributed by atoms with van der Waals surface area (Å²) in [6.45, 7) is 0. The van der Waals surface area contributed by atoms with Crippen molar-refractivity contribution < 1.29 is 4.74 Å². The molecule has 1 aliphatic rings. The molecule has 0 saturated carbocycles. The SMILES string of the molecule is c1ccc(-c2cccc(-n3c4ccccc4c4cc(-c5ccc6c7c8cccc9c8c(cc7n(-c7ccccc7)c6c5)Oc5ccccc5-9)ccc43)c2)cc1. The van der Waals surface area contributed by atoms with Gasteiger partial charge in [-0.25, -0.2) is 0 Å². The van der Waals surface area contributed by atoms with Gasteiger partial charge < -0.3 is 13.9 Å². The summed E-state index contributed by atoms with van der Waals surface area (Å²) in [6, 6.07) is 70.2. The minimum atomic E-state index is 0.896. The summed E-state index contributed by atoms with van der Waals surface area (Å²) in [5, 5.41) is 7.32. The number of rotatable bonds is 4. The van der Waals surface area contributed by atoms with Crippen LogP contribution in [0.25, 0.3) is 99.1 Å². The maximum atomic E-state index is 6.66. The lowest BCUT2D eigenvalue weighted by molar-refractivity contribution is 0.487. The summed E-state index contributed by atoms with van der Waals surface area (Å²) in [7, 11) is 0. The van der Waals surface area contributed by atoms with Crippen LogP contribution in [-0.2, 0) is 0 Å². The Bertz CT molecular complexity index is 3330. The molecule has 12 rings (SSSR count). The molecule has 0 bridgehead atoms. The van der Waals surface area contributed by atoms with E-state index in [1.54, 1.807) is 0 Å². The van der Waals surface area contributed by atoms with Crippen LogP contribution in [0.2, 0.25) is 0 Å². The van der Waals surface area contributed by atoms with Crippen molar-refractivity contribution in [1.29, 1.82) is 0 Å². The van der Waals surface area contributed by atoms with E-state index in [1.807, 2.05) is 6.07 Å². The van der Waals surface area contributed by atoms with Crippen LogP contribution in [0, 0.1) is 0 Å². The van der Waals surface area contributed by atoms with Gasteiger partial charge in [-0.05, 0) is 87.8 Å². The topological polar surface area (TPSA) is 19.1 Å². The minimum absolute atomic E-state index is 0.896. The molecule has 0 aliphatic carbocycles. The highest BCUT2D eigenvalue weighted by atomic mass is 16.5. The first-order chi connectivity index (χ1) is 27.3. The van der Waals surface area contributed by atoms with Crippen molar-refractivity contribution >= 4 is 54.4 Å². The zero-order valence-corrected chi connectivity index (χ0v) is 29.8. The van der Waals surface area contributed by atoms with E-state index in [0.29, 0.717) is 0 Å². The van der Waals surface area contributed by atoms with Gasteiger partial charge in [0.25, 0.3) is 0 Å². The van der Waals surface area contributed by atoms with Gasteiger partial charge in [0, 0.05) is 49.9 Å². The second-order valence-electron chi connectivity index (χ2n) is 14.5. The fourth-order valence-electron chi connectivity index (χ4n) is 9.07. The minimum Gasteiger partial charge on any atom is -0.456 e. The highest BCUT2D eigenvalue weighted by Crippen LogP contribution is 2.50. The van der Waals surface area contributed by atoms with E-state index in [-0.39, 0.29) is 0 Å². The third-order valence-electron chi connectivity index (χ3n) is 11.5. The summed E-state index contributed by atoms with van der Waals surface area (Å²) in [5.74, 6) is 1.79. The maximum Gasteiger partial charge on any atom is 0.138 e. The smallest absolute Gasteiger partial charge is 0.138 e. The first kappa shape index (κ1) is 30.1. The molecule has 9 aromatic carbocycles. The second kappa shape index (κ2) is 11.6. The van der Waals surface area contributed by atoms with E-state index in [1.165, 1.54) is 76.7 Å². The molecule has 2 aromatic heterocycles. The summed E-state index contributed by atoms with van der Waals surface area (Å²) in [5.41, 5.74) is 14.1. The van der Waals surface area contributed by atoms with Crippen LogP contribution in [0.5, 0.6) is 11.5 Å². The number of aromatic nitrogens is 2. The van der Waals surface area contributed by atoms with Crippen LogP contribution >= 0.6 is 0 Å². The molecule has 0 saturated heterocycles. The highest BCUT2D eigenvalue weighted by Gasteiger charge is 2.25. The van der Waals surface area contributed by atoms with Crippen molar-refractivity contribution in [2.45, 2.75) is 0 Å². The molecule has 0 fully saturated rings. The Kier molecular flexibility index (Phi) is 6.34. The van der Waals surface area contributed by atoms with Crippen molar-refractivity contribution in [3.8, 4) is 56.3 Å². The van der Waals surface area contributed by atoms with Crippen molar-refractivity contribution in [1.82, 2.24) is 9.13 Å². The number of fused-ring (bicyclic) bond motifs is 9. The van der Waals surface area contributed by atoms with Crippen molar-refractivity contribution in [2.75, 3.05) is 0 Å². The van der Waals surface area contributed by atoms with E-state index >= 15 is 0 Å². The molecule has 0 radical (unpaired) electrons. The van der Waals surface area contributed by atoms with E-state index in [2.05, 4.69) is 197 Å². The predicted molar refractivity (Wildman–Crippen MR) is 229 cm³/mol. The molecule has 0 atom stereocenters. The zero-order chi connectivity index (χ0) is 36.0. The molecule has 0 unspecified atom stereocenters. The molecule has 256 valence electrons. The summed E-state index contributed by atoms with van der Waals surface area (Å²) in [6.07, 6.45) is 0. The van der Waals surface area contributed by atoms with Gasteiger partial charge in [0.15, 0.2) is 0 Å². The van der Waals surface area contributed by atoms with Crippen molar-refractivity contribution in [3.63, 3.8) is 0 Å². The van der Waals surface area contributed by atoms with Gasteiger partial charge in [-0.15, -0.1) is 0 Å². The number of ether oxygens (including phenoxy) is 1. The average molecular weight is 701 g/mol. The Balaban J connectivity index is 1.08. The Labute approximate surface area is 317 Å². The van der Waals surface area contributed by atoms with E-state index in [9.17, 15) is 0 Å². The lowest BCUT2D eigenvalue weighted by atomic mass is 9.92. The lowest BCUT2D eigenvalue weighted by Gasteiger charge is -2.22. The Morgan fingerprint density at radius 3 is 1.84 bits per heavy atom. The number of hydrogen-bond acceptors (Lipinski definition) is 1. The van der Waals surface area contributed by atoms with Crippen LogP contribution in [-0.4, -0.2) is 9.13 Å². The van der Waals surface area contributed by atoms with Gasteiger partial charge in [-0.3, -0.25) is 0 Å². The number of para-hydroxylation sites is 3. The summed E-state index contributed by atoms with van der Waals surface area (Å²) >= 11 is 0. The average Bonchev–Trinajstić information content (AvgIpc) is 3.76. The first-order valence-corrected chi connectivity index (χ1v) is 18.8. The predicted octanol–water partition coefficient (Wildman–Crippen LogP) is 14.1. The molecule has 55 heavy (non-hydrogen) atoms. The van der Waals surface area contributed by atoms with Crippen molar-refractivity contribution in [3.05, 3.63) is 194 Å². The molecule has 3 heteroatoms. The van der Waals surface area contributed by atoms with Gasteiger partial charge in [-0.1, -0.05) is 133 Å². The molecule has 3 heterocycles. The third kappa shape index (κ3) is 4.44. The van der Waals surface area contributed by atoms with Crippen molar-refractivity contribution in [2.24, 2.45) is 0 Å². The zero-order valence-electron chi connectivity index (χ0n) is 29.8. The Hall–Kier alpha value is -7.36. The fourth-order valence-corrected chi connectivity index (χ4v) is 9.07. The number of nitrogens with zero attached hydrogens (tertiary/aromatic N) is 2. The van der Waals surface area contributed by atoms with Gasteiger partial charge in [0.05, 0.1) is 22.1 Å².